The summed E-state index contributed by atoms with van der Waals surface area (Å²) in [4.78, 5) is 16.5. The van der Waals surface area contributed by atoms with Gasteiger partial charge in [0.25, 0.3) is 15.9 Å². The van der Waals surface area contributed by atoms with E-state index in [1.807, 2.05) is 4.90 Å². The van der Waals surface area contributed by atoms with Gasteiger partial charge in [-0.1, -0.05) is 18.2 Å². The normalized spacial score (nSPS) is 19.0. The monoisotopic (exact) mass is 453 g/mol. The standard InChI is InChI=1S/C21H22F3N3O3S/c22-21(23,24)16-5-3-6-17(15-16)26-13-11-25(12-14-26)9-4-10-27-20(28)18-7-1-2-8-19(18)31(27,29)30/h1-3,5-8,15H,4,9-14H2. The predicted molar refractivity (Wildman–Crippen MR) is 109 cm³/mol. The highest BCUT2D eigenvalue weighted by atomic mass is 32.2. The predicted octanol–water partition coefficient (Wildman–Crippen LogP) is 3.06. The number of fused-ring (bicyclic) bond motifs is 1. The fraction of sp³-hybridized carbons (Fsp3) is 0.381. The first-order chi connectivity index (χ1) is 14.7. The van der Waals surface area contributed by atoms with E-state index in [1.165, 1.54) is 18.2 Å². The maximum atomic E-state index is 12.9. The molecule has 0 saturated carbocycles. The molecule has 0 aromatic heterocycles. The Labute approximate surface area is 178 Å². The number of piperazine rings is 1. The number of carbonyl (C=O) groups is 1. The van der Waals surface area contributed by atoms with Crippen LogP contribution in [-0.4, -0.2) is 62.8 Å². The first-order valence-electron chi connectivity index (χ1n) is 9.98. The van der Waals surface area contributed by atoms with Crippen LogP contribution in [0, 0.1) is 0 Å². The summed E-state index contributed by atoms with van der Waals surface area (Å²) < 4.78 is 64.9. The van der Waals surface area contributed by atoms with Gasteiger partial charge in [0.05, 0.1) is 11.1 Å². The van der Waals surface area contributed by atoms with Crippen LogP contribution in [0.1, 0.15) is 22.3 Å². The van der Waals surface area contributed by atoms with Crippen molar-refractivity contribution in [2.24, 2.45) is 0 Å². The van der Waals surface area contributed by atoms with Gasteiger partial charge in [0.15, 0.2) is 0 Å². The van der Waals surface area contributed by atoms with Crippen molar-refractivity contribution in [1.29, 1.82) is 0 Å². The van der Waals surface area contributed by atoms with Gasteiger partial charge in [-0.15, -0.1) is 0 Å². The summed E-state index contributed by atoms with van der Waals surface area (Å²) in [6.45, 7) is 3.16. The largest absolute Gasteiger partial charge is 0.416 e. The van der Waals surface area contributed by atoms with E-state index >= 15 is 0 Å². The van der Waals surface area contributed by atoms with Gasteiger partial charge in [0.2, 0.25) is 0 Å². The highest BCUT2D eigenvalue weighted by molar-refractivity contribution is 7.90. The van der Waals surface area contributed by atoms with E-state index in [9.17, 15) is 26.4 Å². The molecular formula is C21H22F3N3O3S. The maximum absolute atomic E-state index is 12.9. The molecule has 2 heterocycles. The lowest BCUT2D eigenvalue weighted by molar-refractivity contribution is -0.137. The first-order valence-corrected chi connectivity index (χ1v) is 11.4. The number of halogens is 3. The Morgan fingerprint density at radius 2 is 1.61 bits per heavy atom. The van der Waals surface area contributed by atoms with Gasteiger partial charge >= 0.3 is 6.18 Å². The molecule has 0 atom stereocenters. The minimum atomic E-state index is -4.37. The number of sulfonamides is 1. The van der Waals surface area contributed by atoms with Crippen LogP contribution in [0.25, 0.3) is 0 Å². The van der Waals surface area contributed by atoms with Crippen molar-refractivity contribution in [3.05, 3.63) is 59.7 Å². The molecule has 10 heteroatoms. The molecule has 2 aliphatic rings. The van der Waals surface area contributed by atoms with Crippen molar-refractivity contribution in [1.82, 2.24) is 9.21 Å². The van der Waals surface area contributed by atoms with E-state index < -0.39 is 27.7 Å². The molecule has 0 unspecified atom stereocenters. The number of carbonyl (C=O) groups excluding carboxylic acids is 1. The number of alkyl halides is 3. The molecule has 1 amide bonds. The number of rotatable bonds is 5. The highest BCUT2D eigenvalue weighted by Crippen LogP contribution is 2.32. The molecule has 0 bridgehead atoms. The van der Waals surface area contributed by atoms with Gasteiger partial charge in [-0.2, -0.15) is 13.2 Å². The third kappa shape index (κ3) is 4.27. The van der Waals surface area contributed by atoms with Crippen LogP contribution in [0.4, 0.5) is 18.9 Å². The number of hydrogen-bond donors (Lipinski definition) is 0. The van der Waals surface area contributed by atoms with Crippen LogP contribution in [0.2, 0.25) is 0 Å². The highest BCUT2D eigenvalue weighted by Gasteiger charge is 2.40. The zero-order chi connectivity index (χ0) is 22.2. The van der Waals surface area contributed by atoms with Crippen molar-refractivity contribution in [3.63, 3.8) is 0 Å². The number of benzene rings is 2. The van der Waals surface area contributed by atoms with Gasteiger partial charge in [-0.05, 0) is 36.8 Å². The smallest absolute Gasteiger partial charge is 0.369 e. The lowest BCUT2D eigenvalue weighted by Gasteiger charge is -2.36. The second kappa shape index (κ2) is 8.16. The number of nitrogens with zero attached hydrogens (tertiary/aromatic N) is 3. The molecule has 31 heavy (non-hydrogen) atoms. The molecule has 1 saturated heterocycles. The Morgan fingerprint density at radius 3 is 2.29 bits per heavy atom. The number of hydrogen-bond acceptors (Lipinski definition) is 5. The van der Waals surface area contributed by atoms with Gasteiger partial charge in [0, 0.05) is 45.0 Å². The Bertz CT molecular complexity index is 1080. The lowest BCUT2D eigenvalue weighted by Crippen LogP contribution is -2.47. The van der Waals surface area contributed by atoms with Crippen molar-refractivity contribution in [2.45, 2.75) is 17.5 Å². The van der Waals surface area contributed by atoms with E-state index in [2.05, 4.69) is 4.90 Å². The van der Waals surface area contributed by atoms with Crippen LogP contribution in [-0.2, 0) is 16.2 Å². The molecule has 0 aliphatic carbocycles. The summed E-state index contributed by atoms with van der Waals surface area (Å²) in [6.07, 6.45) is -3.88. The molecule has 2 aromatic rings. The summed E-state index contributed by atoms with van der Waals surface area (Å²) in [5.74, 6) is -0.495. The van der Waals surface area contributed by atoms with Crippen LogP contribution >= 0.6 is 0 Å². The number of anilines is 1. The molecule has 4 rings (SSSR count). The fourth-order valence-electron chi connectivity index (χ4n) is 4.00. The first kappa shape index (κ1) is 21.6. The number of amides is 1. The van der Waals surface area contributed by atoms with Crippen LogP contribution in [0.5, 0.6) is 0 Å². The van der Waals surface area contributed by atoms with Crippen molar-refractivity contribution in [3.8, 4) is 0 Å². The topological polar surface area (TPSA) is 60.9 Å². The van der Waals surface area contributed by atoms with Crippen LogP contribution < -0.4 is 4.90 Å². The minimum Gasteiger partial charge on any atom is -0.369 e. The zero-order valence-electron chi connectivity index (χ0n) is 16.7. The molecule has 0 radical (unpaired) electrons. The lowest BCUT2D eigenvalue weighted by atomic mass is 10.1. The van der Waals surface area contributed by atoms with E-state index in [-0.39, 0.29) is 17.0 Å². The maximum Gasteiger partial charge on any atom is 0.416 e. The Morgan fingerprint density at radius 1 is 0.903 bits per heavy atom. The third-order valence-electron chi connectivity index (χ3n) is 5.66. The SMILES string of the molecule is O=C1c2ccccc2S(=O)(=O)N1CCCN1CCN(c2cccc(C(F)(F)F)c2)CC1. The van der Waals surface area contributed by atoms with Gasteiger partial charge < -0.3 is 4.90 Å². The van der Waals surface area contributed by atoms with Crippen molar-refractivity contribution >= 4 is 21.6 Å². The van der Waals surface area contributed by atoms with E-state index in [0.717, 1.165) is 16.4 Å². The van der Waals surface area contributed by atoms with Gasteiger partial charge in [-0.3, -0.25) is 9.69 Å². The average molecular weight is 453 g/mol. The molecule has 1 fully saturated rings. The molecule has 0 N–H and O–H groups in total. The fourth-order valence-corrected chi connectivity index (χ4v) is 5.61. The summed E-state index contributed by atoms with van der Waals surface area (Å²) in [5, 5.41) is 0. The van der Waals surface area contributed by atoms with Crippen LogP contribution in [0.15, 0.2) is 53.4 Å². The molecular weight excluding hydrogens is 431 g/mol. The Hall–Kier alpha value is -2.59. The molecule has 0 spiro atoms. The Balaban J connectivity index is 1.30. The van der Waals surface area contributed by atoms with E-state index in [4.69, 9.17) is 0 Å². The zero-order valence-corrected chi connectivity index (χ0v) is 17.5. The summed E-state index contributed by atoms with van der Waals surface area (Å²) >= 11 is 0. The second-order valence-corrected chi connectivity index (χ2v) is 9.44. The minimum absolute atomic E-state index is 0.0506. The molecule has 6 nitrogen and oxygen atoms in total. The molecule has 166 valence electrons. The second-order valence-electron chi connectivity index (χ2n) is 7.61. The summed E-state index contributed by atoms with van der Waals surface area (Å²) in [5.41, 5.74) is 0.0862. The third-order valence-corrected chi connectivity index (χ3v) is 7.50. The van der Waals surface area contributed by atoms with Gasteiger partial charge in [0.1, 0.15) is 4.90 Å². The summed E-state index contributed by atoms with van der Waals surface area (Å²) in [7, 11) is -3.79. The van der Waals surface area contributed by atoms with Crippen molar-refractivity contribution in [2.75, 3.05) is 44.2 Å². The van der Waals surface area contributed by atoms with E-state index in [0.29, 0.717) is 44.8 Å². The Kier molecular flexibility index (Phi) is 5.69. The molecule has 2 aromatic carbocycles. The average Bonchev–Trinajstić information content (AvgIpc) is 2.94. The summed E-state index contributed by atoms with van der Waals surface area (Å²) in [6, 6.07) is 11.5. The van der Waals surface area contributed by atoms with E-state index in [1.54, 1.807) is 18.2 Å². The van der Waals surface area contributed by atoms with Crippen LogP contribution in [0.3, 0.4) is 0 Å². The van der Waals surface area contributed by atoms with Gasteiger partial charge in [-0.25, -0.2) is 12.7 Å². The van der Waals surface area contributed by atoms with Crippen molar-refractivity contribution < 1.29 is 26.4 Å². The quantitative estimate of drug-likeness (QED) is 0.697. The molecule has 2 aliphatic heterocycles.